The van der Waals surface area contributed by atoms with E-state index in [1.807, 2.05) is 36.4 Å². The Balaban J connectivity index is 1.48. The molecule has 32 heavy (non-hydrogen) atoms. The van der Waals surface area contributed by atoms with Crippen molar-refractivity contribution in [3.63, 3.8) is 0 Å². The maximum atomic E-state index is 6.30. The Labute approximate surface area is 202 Å². The van der Waals surface area contributed by atoms with E-state index in [0.29, 0.717) is 29.7 Å². The molecule has 0 bridgehead atoms. The third-order valence-electron chi connectivity index (χ3n) is 5.43. The van der Waals surface area contributed by atoms with E-state index < -0.39 is 0 Å². The lowest BCUT2D eigenvalue weighted by Crippen LogP contribution is -2.36. The largest absolute Gasteiger partial charge is 0.493 e. The molecule has 3 aromatic rings. The lowest BCUT2D eigenvalue weighted by molar-refractivity contribution is 0.122. The summed E-state index contributed by atoms with van der Waals surface area (Å²) >= 11 is 9.97. The van der Waals surface area contributed by atoms with E-state index in [-0.39, 0.29) is 0 Å². The van der Waals surface area contributed by atoms with Crippen molar-refractivity contribution in [2.45, 2.75) is 13.2 Å². The van der Waals surface area contributed by atoms with Crippen LogP contribution >= 0.6 is 27.5 Å². The standard InChI is InChI=1S/C25H26BrClN2O3/c1-30-24-11-10-22(26)21(25(24)32-17-18-4-2-3-5-23(18)27)16-28-19-6-8-20(9-7-19)29-12-14-31-15-13-29/h2-11,28H,12-17H2,1H3. The molecule has 0 saturated carbocycles. The zero-order valence-electron chi connectivity index (χ0n) is 17.9. The molecule has 0 unspecified atom stereocenters. The van der Waals surface area contributed by atoms with E-state index in [1.165, 1.54) is 5.69 Å². The number of benzene rings is 3. The Kier molecular flexibility index (Phi) is 7.79. The van der Waals surface area contributed by atoms with Gasteiger partial charge in [-0.25, -0.2) is 0 Å². The van der Waals surface area contributed by atoms with Crippen molar-refractivity contribution in [1.82, 2.24) is 0 Å². The van der Waals surface area contributed by atoms with Crippen LogP contribution in [-0.4, -0.2) is 33.4 Å². The number of anilines is 2. The van der Waals surface area contributed by atoms with Crippen LogP contribution < -0.4 is 19.7 Å². The highest BCUT2D eigenvalue weighted by molar-refractivity contribution is 9.10. The predicted molar refractivity (Wildman–Crippen MR) is 133 cm³/mol. The van der Waals surface area contributed by atoms with Crippen LogP contribution in [0.2, 0.25) is 5.02 Å². The van der Waals surface area contributed by atoms with E-state index >= 15 is 0 Å². The minimum absolute atomic E-state index is 0.355. The van der Waals surface area contributed by atoms with Gasteiger partial charge >= 0.3 is 0 Å². The van der Waals surface area contributed by atoms with Crippen LogP contribution in [0.5, 0.6) is 11.5 Å². The van der Waals surface area contributed by atoms with Crippen LogP contribution in [-0.2, 0) is 17.9 Å². The van der Waals surface area contributed by atoms with Gasteiger partial charge in [0.2, 0.25) is 0 Å². The average Bonchev–Trinajstić information content (AvgIpc) is 2.84. The molecule has 1 fully saturated rings. The molecule has 0 spiro atoms. The van der Waals surface area contributed by atoms with Gasteiger partial charge in [-0.3, -0.25) is 0 Å². The van der Waals surface area contributed by atoms with Crippen LogP contribution in [0.4, 0.5) is 11.4 Å². The molecule has 1 aliphatic heterocycles. The maximum absolute atomic E-state index is 6.30. The molecule has 1 aliphatic rings. The molecule has 4 rings (SSSR count). The molecule has 0 aliphatic carbocycles. The topological polar surface area (TPSA) is 43.0 Å². The zero-order valence-corrected chi connectivity index (χ0v) is 20.3. The fourth-order valence-electron chi connectivity index (χ4n) is 3.63. The lowest BCUT2D eigenvalue weighted by Gasteiger charge is -2.29. The summed E-state index contributed by atoms with van der Waals surface area (Å²) in [4.78, 5) is 2.34. The van der Waals surface area contributed by atoms with E-state index in [1.54, 1.807) is 7.11 Å². The Morgan fingerprint density at radius 1 is 1.03 bits per heavy atom. The summed E-state index contributed by atoms with van der Waals surface area (Å²) in [6, 6.07) is 20.0. The van der Waals surface area contributed by atoms with Crippen LogP contribution in [0.1, 0.15) is 11.1 Å². The second-order valence-electron chi connectivity index (χ2n) is 7.44. The van der Waals surface area contributed by atoms with Crippen molar-refractivity contribution in [1.29, 1.82) is 0 Å². The summed E-state index contributed by atoms with van der Waals surface area (Å²) in [5.41, 5.74) is 4.15. The minimum Gasteiger partial charge on any atom is -0.493 e. The van der Waals surface area contributed by atoms with E-state index in [9.17, 15) is 0 Å². The summed E-state index contributed by atoms with van der Waals surface area (Å²) in [5.74, 6) is 1.37. The van der Waals surface area contributed by atoms with Gasteiger partial charge in [0.15, 0.2) is 11.5 Å². The first-order valence-electron chi connectivity index (χ1n) is 10.5. The smallest absolute Gasteiger partial charge is 0.167 e. The third kappa shape index (κ3) is 5.49. The van der Waals surface area contributed by atoms with Gasteiger partial charge in [0, 0.05) is 51.6 Å². The number of halogens is 2. The number of ether oxygens (including phenoxy) is 3. The van der Waals surface area contributed by atoms with Gasteiger partial charge in [-0.1, -0.05) is 45.7 Å². The molecular formula is C25H26BrClN2O3. The fraction of sp³-hybridized carbons (Fsp3) is 0.280. The second kappa shape index (κ2) is 10.9. The van der Waals surface area contributed by atoms with Crippen molar-refractivity contribution in [2.24, 2.45) is 0 Å². The number of methoxy groups -OCH3 is 1. The summed E-state index contributed by atoms with van der Waals surface area (Å²) in [5, 5.41) is 4.18. The molecule has 7 heteroatoms. The summed E-state index contributed by atoms with van der Waals surface area (Å²) in [6.45, 7) is 4.34. The van der Waals surface area contributed by atoms with Crippen LogP contribution in [0.15, 0.2) is 65.1 Å². The van der Waals surface area contributed by atoms with Gasteiger partial charge in [0.1, 0.15) is 6.61 Å². The Hall–Kier alpha value is -2.41. The van der Waals surface area contributed by atoms with Gasteiger partial charge < -0.3 is 24.4 Å². The Morgan fingerprint density at radius 3 is 2.50 bits per heavy atom. The Bertz CT molecular complexity index is 1040. The van der Waals surface area contributed by atoms with Crippen molar-refractivity contribution >= 4 is 38.9 Å². The Morgan fingerprint density at radius 2 is 1.78 bits per heavy atom. The number of morpholine rings is 1. The molecule has 0 aromatic heterocycles. The summed E-state index contributed by atoms with van der Waals surface area (Å²) in [6.07, 6.45) is 0. The van der Waals surface area contributed by atoms with Crippen LogP contribution in [0, 0.1) is 0 Å². The van der Waals surface area contributed by atoms with Crippen LogP contribution in [0.25, 0.3) is 0 Å². The molecule has 1 N–H and O–H groups in total. The summed E-state index contributed by atoms with van der Waals surface area (Å²) < 4.78 is 18.2. The van der Waals surface area contributed by atoms with Gasteiger partial charge in [0.05, 0.1) is 20.3 Å². The molecule has 0 atom stereocenters. The first-order valence-corrected chi connectivity index (χ1v) is 11.7. The molecule has 0 radical (unpaired) electrons. The van der Waals surface area contributed by atoms with Crippen molar-refractivity contribution < 1.29 is 14.2 Å². The number of nitrogens with zero attached hydrogens (tertiary/aromatic N) is 1. The average molecular weight is 518 g/mol. The monoisotopic (exact) mass is 516 g/mol. The molecule has 0 amide bonds. The first-order chi connectivity index (χ1) is 15.7. The van der Waals surface area contributed by atoms with Crippen LogP contribution in [0.3, 0.4) is 0 Å². The zero-order chi connectivity index (χ0) is 22.3. The van der Waals surface area contributed by atoms with Gasteiger partial charge in [0.25, 0.3) is 0 Å². The maximum Gasteiger partial charge on any atom is 0.167 e. The fourth-order valence-corrected chi connectivity index (χ4v) is 4.28. The predicted octanol–water partition coefficient (Wildman–Crippen LogP) is 6.14. The number of hydrogen-bond donors (Lipinski definition) is 1. The second-order valence-corrected chi connectivity index (χ2v) is 8.70. The first kappa shape index (κ1) is 22.8. The molecule has 168 valence electrons. The highest BCUT2D eigenvalue weighted by atomic mass is 79.9. The number of nitrogens with one attached hydrogen (secondary N) is 1. The quantitative estimate of drug-likeness (QED) is 0.389. The number of rotatable bonds is 8. The molecule has 1 heterocycles. The van der Waals surface area contributed by atoms with Gasteiger partial charge in [-0.05, 0) is 42.5 Å². The molecule has 5 nitrogen and oxygen atoms in total. The molecular weight excluding hydrogens is 492 g/mol. The van der Waals surface area contributed by atoms with Crippen molar-refractivity contribution in [3.05, 3.63) is 81.3 Å². The summed E-state index contributed by atoms with van der Waals surface area (Å²) in [7, 11) is 1.65. The number of hydrogen-bond acceptors (Lipinski definition) is 5. The highest BCUT2D eigenvalue weighted by Gasteiger charge is 2.16. The van der Waals surface area contributed by atoms with Crippen molar-refractivity contribution in [3.8, 4) is 11.5 Å². The normalized spacial score (nSPS) is 13.7. The lowest BCUT2D eigenvalue weighted by atomic mass is 10.1. The van der Waals surface area contributed by atoms with E-state index in [0.717, 1.165) is 47.6 Å². The minimum atomic E-state index is 0.355. The highest BCUT2D eigenvalue weighted by Crippen LogP contribution is 2.37. The van der Waals surface area contributed by atoms with E-state index in [4.69, 9.17) is 25.8 Å². The van der Waals surface area contributed by atoms with Crippen molar-refractivity contribution in [2.75, 3.05) is 43.6 Å². The van der Waals surface area contributed by atoms with E-state index in [2.05, 4.69) is 50.4 Å². The van der Waals surface area contributed by atoms with Gasteiger partial charge in [-0.15, -0.1) is 0 Å². The SMILES string of the molecule is COc1ccc(Br)c(CNc2ccc(N3CCOCC3)cc2)c1OCc1ccccc1Cl. The third-order valence-corrected chi connectivity index (χ3v) is 6.54. The molecule has 3 aromatic carbocycles. The molecule has 1 saturated heterocycles. The van der Waals surface area contributed by atoms with Gasteiger partial charge in [-0.2, -0.15) is 0 Å².